The van der Waals surface area contributed by atoms with Crippen molar-refractivity contribution >= 4 is 0 Å². The van der Waals surface area contributed by atoms with Gasteiger partial charge in [0.2, 0.25) is 0 Å². The third-order valence-corrected chi connectivity index (χ3v) is 5.09. The maximum Gasteiger partial charge on any atom is 0.0806 e. The third-order valence-electron chi connectivity index (χ3n) is 5.09. The minimum absolute atomic E-state index is 0.0414. The van der Waals surface area contributed by atoms with Gasteiger partial charge >= 0.3 is 0 Å². The third kappa shape index (κ3) is 6.66. The molecule has 0 heterocycles. The summed E-state index contributed by atoms with van der Waals surface area (Å²) in [6, 6.07) is 0.518. The Balaban J connectivity index is 2.52. The Bertz CT molecular complexity index is 281. The van der Waals surface area contributed by atoms with Crippen LogP contribution in [0.1, 0.15) is 73.1 Å². The Morgan fingerprint density at radius 2 is 1.86 bits per heavy atom. The highest BCUT2D eigenvalue weighted by molar-refractivity contribution is 4.90. The molecule has 0 bridgehead atoms. The first-order chi connectivity index (χ1) is 9.82. The van der Waals surface area contributed by atoms with Gasteiger partial charge in [0, 0.05) is 19.7 Å². The zero-order chi connectivity index (χ0) is 15.9. The normalized spacial score (nSPS) is 27.3. The first-order valence-corrected chi connectivity index (χ1v) is 8.75. The maximum atomic E-state index is 6.41. The quantitative estimate of drug-likeness (QED) is 0.693. The average molecular weight is 299 g/mol. The lowest BCUT2D eigenvalue weighted by Gasteiger charge is -2.41. The van der Waals surface area contributed by atoms with Gasteiger partial charge in [0.15, 0.2) is 0 Å². The molecule has 1 N–H and O–H groups in total. The van der Waals surface area contributed by atoms with Crippen LogP contribution in [0.4, 0.5) is 0 Å². The van der Waals surface area contributed by atoms with E-state index in [1.807, 2.05) is 0 Å². The molecule has 1 fully saturated rings. The van der Waals surface area contributed by atoms with Gasteiger partial charge in [0.1, 0.15) is 0 Å². The van der Waals surface area contributed by atoms with Crippen LogP contribution in [-0.2, 0) is 9.47 Å². The van der Waals surface area contributed by atoms with E-state index < -0.39 is 0 Å². The Labute approximate surface area is 132 Å². The molecule has 21 heavy (non-hydrogen) atoms. The van der Waals surface area contributed by atoms with E-state index in [0.29, 0.717) is 6.04 Å². The van der Waals surface area contributed by atoms with Crippen LogP contribution >= 0.6 is 0 Å². The van der Waals surface area contributed by atoms with Gasteiger partial charge in [-0.25, -0.2) is 0 Å². The predicted molar refractivity (Wildman–Crippen MR) is 89.8 cm³/mol. The van der Waals surface area contributed by atoms with Gasteiger partial charge < -0.3 is 14.8 Å². The van der Waals surface area contributed by atoms with Crippen molar-refractivity contribution in [3.05, 3.63) is 0 Å². The molecule has 1 aliphatic rings. The molecule has 0 aromatic rings. The number of rotatable bonds is 9. The second-order valence-electron chi connectivity index (χ2n) is 7.63. The van der Waals surface area contributed by atoms with Crippen molar-refractivity contribution in [1.82, 2.24) is 5.32 Å². The summed E-state index contributed by atoms with van der Waals surface area (Å²) < 4.78 is 11.9. The molecular weight excluding hydrogens is 262 g/mol. The van der Waals surface area contributed by atoms with Crippen LogP contribution in [0.5, 0.6) is 0 Å². The first kappa shape index (κ1) is 18.9. The largest absolute Gasteiger partial charge is 0.379 e. The van der Waals surface area contributed by atoms with Crippen LogP contribution in [0.3, 0.4) is 0 Å². The van der Waals surface area contributed by atoms with Crippen molar-refractivity contribution in [3.8, 4) is 0 Å². The van der Waals surface area contributed by atoms with Crippen LogP contribution in [0.2, 0.25) is 0 Å². The van der Waals surface area contributed by atoms with Crippen molar-refractivity contribution in [2.45, 2.75) is 90.4 Å². The van der Waals surface area contributed by atoms with Crippen LogP contribution in [0, 0.1) is 5.92 Å². The molecule has 0 aromatic carbocycles. The van der Waals surface area contributed by atoms with Crippen molar-refractivity contribution in [2.24, 2.45) is 5.92 Å². The monoisotopic (exact) mass is 299 g/mol. The minimum Gasteiger partial charge on any atom is -0.379 e. The summed E-state index contributed by atoms with van der Waals surface area (Å²) in [6.07, 6.45) is 7.26. The molecule has 1 saturated carbocycles. The zero-order valence-corrected chi connectivity index (χ0v) is 15.1. The molecule has 0 atom stereocenters. The number of hydrogen-bond donors (Lipinski definition) is 1. The Morgan fingerprint density at radius 3 is 2.33 bits per heavy atom. The molecule has 0 spiro atoms. The predicted octanol–water partition coefficient (Wildman–Crippen LogP) is 4.16. The van der Waals surface area contributed by atoms with Gasteiger partial charge in [-0.15, -0.1) is 0 Å². The molecule has 3 heteroatoms. The van der Waals surface area contributed by atoms with Gasteiger partial charge in [-0.1, -0.05) is 27.2 Å². The van der Waals surface area contributed by atoms with E-state index in [1.165, 1.54) is 32.1 Å². The number of methoxy groups -OCH3 is 1. The molecule has 0 radical (unpaired) electrons. The van der Waals surface area contributed by atoms with E-state index in [1.54, 1.807) is 7.11 Å². The molecule has 1 rings (SSSR count). The van der Waals surface area contributed by atoms with Crippen molar-refractivity contribution < 1.29 is 9.47 Å². The highest BCUT2D eigenvalue weighted by Crippen LogP contribution is 2.36. The fourth-order valence-corrected chi connectivity index (χ4v) is 2.99. The molecule has 0 aliphatic heterocycles. The number of ether oxygens (including phenoxy) is 2. The van der Waals surface area contributed by atoms with E-state index >= 15 is 0 Å². The summed E-state index contributed by atoms with van der Waals surface area (Å²) in [5, 5.41) is 3.59. The SMILES string of the molecule is CCC1CCC(CNC(C)C)(OCCC(C)(C)OC)CC1. The topological polar surface area (TPSA) is 30.5 Å². The van der Waals surface area contributed by atoms with Crippen LogP contribution < -0.4 is 5.32 Å². The number of nitrogens with one attached hydrogen (secondary N) is 1. The molecule has 126 valence electrons. The molecule has 3 nitrogen and oxygen atoms in total. The fourth-order valence-electron chi connectivity index (χ4n) is 2.99. The molecule has 1 aliphatic carbocycles. The summed E-state index contributed by atoms with van der Waals surface area (Å²) in [5.74, 6) is 0.899. The fraction of sp³-hybridized carbons (Fsp3) is 1.00. The minimum atomic E-state index is -0.0900. The zero-order valence-electron chi connectivity index (χ0n) is 15.1. The standard InChI is InChI=1S/C18H37NO2/c1-7-16-8-10-18(11-9-16,14-19-15(2)3)21-13-12-17(4,5)20-6/h15-16,19H,7-14H2,1-6H3. The van der Waals surface area contributed by atoms with E-state index in [2.05, 4.69) is 39.9 Å². The van der Waals surface area contributed by atoms with Crippen molar-refractivity contribution in [1.29, 1.82) is 0 Å². The first-order valence-electron chi connectivity index (χ1n) is 8.75. The van der Waals surface area contributed by atoms with E-state index in [4.69, 9.17) is 9.47 Å². The second kappa shape index (κ2) is 8.50. The molecular formula is C18H37NO2. The highest BCUT2D eigenvalue weighted by atomic mass is 16.5. The highest BCUT2D eigenvalue weighted by Gasteiger charge is 2.36. The van der Waals surface area contributed by atoms with Crippen LogP contribution in [-0.4, -0.2) is 37.5 Å². The summed E-state index contributed by atoms with van der Waals surface area (Å²) in [6.45, 7) is 12.8. The number of hydrogen-bond acceptors (Lipinski definition) is 3. The summed E-state index contributed by atoms with van der Waals surface area (Å²) in [5.41, 5.74) is -0.0486. The summed E-state index contributed by atoms with van der Waals surface area (Å²) in [7, 11) is 1.78. The Hall–Kier alpha value is -0.120. The lowest BCUT2D eigenvalue weighted by atomic mass is 9.77. The van der Waals surface area contributed by atoms with Gasteiger partial charge in [-0.05, 0) is 51.9 Å². The second-order valence-corrected chi connectivity index (χ2v) is 7.63. The van der Waals surface area contributed by atoms with Crippen molar-refractivity contribution in [3.63, 3.8) is 0 Å². The average Bonchev–Trinajstić information content (AvgIpc) is 2.46. The van der Waals surface area contributed by atoms with Crippen LogP contribution in [0.25, 0.3) is 0 Å². The van der Waals surface area contributed by atoms with Gasteiger partial charge in [0.05, 0.1) is 17.8 Å². The van der Waals surface area contributed by atoms with E-state index in [9.17, 15) is 0 Å². The molecule has 0 saturated heterocycles. The summed E-state index contributed by atoms with van der Waals surface area (Å²) >= 11 is 0. The Morgan fingerprint density at radius 1 is 1.24 bits per heavy atom. The lowest BCUT2D eigenvalue weighted by Crippen LogP contribution is -2.48. The smallest absolute Gasteiger partial charge is 0.0806 e. The molecule has 0 amide bonds. The molecule has 0 unspecified atom stereocenters. The molecule has 0 aromatic heterocycles. The van der Waals surface area contributed by atoms with Gasteiger partial charge in [-0.2, -0.15) is 0 Å². The van der Waals surface area contributed by atoms with E-state index in [-0.39, 0.29) is 11.2 Å². The van der Waals surface area contributed by atoms with Crippen LogP contribution in [0.15, 0.2) is 0 Å². The van der Waals surface area contributed by atoms with Gasteiger partial charge in [0.25, 0.3) is 0 Å². The maximum absolute atomic E-state index is 6.41. The lowest BCUT2D eigenvalue weighted by molar-refractivity contribution is -0.0972. The Kier molecular flexibility index (Phi) is 7.66. The van der Waals surface area contributed by atoms with Gasteiger partial charge in [-0.3, -0.25) is 0 Å². The van der Waals surface area contributed by atoms with Crippen molar-refractivity contribution in [2.75, 3.05) is 20.3 Å². The summed E-state index contributed by atoms with van der Waals surface area (Å²) in [4.78, 5) is 0. The van der Waals surface area contributed by atoms with E-state index in [0.717, 1.165) is 25.5 Å².